The molecular weight excluding hydrogens is 437 g/mol. The van der Waals surface area contributed by atoms with Crippen LogP contribution in [0.1, 0.15) is 40.7 Å². The predicted molar refractivity (Wildman–Crippen MR) is 134 cm³/mol. The van der Waals surface area contributed by atoms with Crippen molar-refractivity contribution in [2.75, 3.05) is 32.3 Å². The maximum absolute atomic E-state index is 13.1. The normalized spacial score (nSPS) is 11.5. The van der Waals surface area contributed by atoms with Gasteiger partial charge in [0.1, 0.15) is 5.75 Å². The molecule has 2 N–H and O–H groups in total. The molecular formula is C26H32NO5P. The molecule has 0 heterocycles. The van der Waals surface area contributed by atoms with Crippen molar-refractivity contribution in [3.05, 3.63) is 71.3 Å². The van der Waals surface area contributed by atoms with Crippen LogP contribution < -0.4 is 9.64 Å². The van der Waals surface area contributed by atoms with E-state index in [2.05, 4.69) is 0 Å². The SMILES string of the molecule is COc1ccc2cc(C(=O)Cc3ccc(CCCCCP(=O)(O)O)cc3)cc(N(C)C)c2c1. The minimum Gasteiger partial charge on any atom is -0.497 e. The lowest BCUT2D eigenvalue weighted by atomic mass is 9.97. The predicted octanol–water partition coefficient (Wildman–Crippen LogP) is 5.23. The summed E-state index contributed by atoms with van der Waals surface area (Å²) in [5.74, 6) is 0.854. The van der Waals surface area contributed by atoms with E-state index >= 15 is 0 Å². The number of carbonyl (C=O) groups is 1. The van der Waals surface area contributed by atoms with Gasteiger partial charge in [-0.2, -0.15) is 0 Å². The van der Waals surface area contributed by atoms with Gasteiger partial charge in [0.25, 0.3) is 0 Å². The Hall–Kier alpha value is -2.66. The van der Waals surface area contributed by atoms with Crippen LogP contribution in [0.4, 0.5) is 5.69 Å². The van der Waals surface area contributed by atoms with Crippen LogP contribution in [-0.2, 0) is 17.4 Å². The number of anilines is 1. The Labute approximate surface area is 195 Å². The average Bonchev–Trinajstić information content (AvgIpc) is 2.77. The van der Waals surface area contributed by atoms with Crippen LogP contribution in [0.3, 0.4) is 0 Å². The number of fused-ring (bicyclic) bond motifs is 1. The summed E-state index contributed by atoms with van der Waals surface area (Å²) in [6.07, 6.45) is 3.34. The molecule has 176 valence electrons. The van der Waals surface area contributed by atoms with Crippen LogP contribution in [0, 0.1) is 0 Å². The summed E-state index contributed by atoms with van der Waals surface area (Å²) >= 11 is 0. The largest absolute Gasteiger partial charge is 0.497 e. The lowest BCUT2D eigenvalue weighted by molar-refractivity contribution is 0.0993. The van der Waals surface area contributed by atoms with Gasteiger partial charge in [0.15, 0.2) is 5.78 Å². The summed E-state index contributed by atoms with van der Waals surface area (Å²) in [7, 11) is 1.69. The maximum atomic E-state index is 13.1. The van der Waals surface area contributed by atoms with Crippen LogP contribution in [-0.4, -0.2) is 42.9 Å². The number of hydrogen-bond acceptors (Lipinski definition) is 4. The van der Waals surface area contributed by atoms with E-state index in [1.54, 1.807) is 7.11 Å². The number of ketones is 1. The van der Waals surface area contributed by atoms with Gasteiger partial charge >= 0.3 is 7.60 Å². The Morgan fingerprint density at radius 3 is 2.27 bits per heavy atom. The number of aryl methyl sites for hydroxylation is 1. The lowest BCUT2D eigenvalue weighted by Gasteiger charge is -2.18. The summed E-state index contributed by atoms with van der Waals surface area (Å²) in [5, 5.41) is 2.04. The third kappa shape index (κ3) is 7.16. The van der Waals surface area contributed by atoms with E-state index in [1.807, 2.05) is 73.6 Å². The number of carbonyl (C=O) groups excluding carboxylic acids is 1. The molecule has 6 nitrogen and oxygen atoms in total. The van der Waals surface area contributed by atoms with Crippen molar-refractivity contribution < 1.29 is 23.9 Å². The highest BCUT2D eigenvalue weighted by atomic mass is 31.2. The van der Waals surface area contributed by atoms with Crippen LogP contribution in [0.15, 0.2) is 54.6 Å². The van der Waals surface area contributed by atoms with E-state index in [4.69, 9.17) is 14.5 Å². The number of Topliss-reactive ketones (excluding diaryl/α,β-unsaturated/α-hetero) is 1. The third-order valence-electron chi connectivity index (χ3n) is 5.75. The Morgan fingerprint density at radius 2 is 1.64 bits per heavy atom. The number of ether oxygens (including phenoxy) is 1. The fourth-order valence-corrected chi connectivity index (χ4v) is 4.55. The first-order chi connectivity index (χ1) is 15.7. The van der Waals surface area contributed by atoms with Gasteiger partial charge in [-0.25, -0.2) is 0 Å². The molecule has 3 aromatic carbocycles. The van der Waals surface area contributed by atoms with Gasteiger partial charge in [0, 0.05) is 43.3 Å². The molecule has 0 saturated carbocycles. The van der Waals surface area contributed by atoms with E-state index in [0.717, 1.165) is 52.6 Å². The topological polar surface area (TPSA) is 87.1 Å². The Morgan fingerprint density at radius 1 is 0.939 bits per heavy atom. The first-order valence-electron chi connectivity index (χ1n) is 11.1. The zero-order chi connectivity index (χ0) is 24.0. The number of unbranched alkanes of at least 4 members (excludes halogenated alkanes) is 2. The van der Waals surface area contributed by atoms with Crippen LogP contribution in [0.2, 0.25) is 0 Å². The van der Waals surface area contributed by atoms with Gasteiger partial charge in [-0.05, 0) is 60.0 Å². The first-order valence-corrected chi connectivity index (χ1v) is 12.9. The lowest BCUT2D eigenvalue weighted by Crippen LogP contribution is -2.11. The molecule has 0 fully saturated rings. The second kappa shape index (κ2) is 11.0. The van der Waals surface area contributed by atoms with Crippen molar-refractivity contribution in [1.82, 2.24) is 0 Å². The molecule has 3 aromatic rings. The van der Waals surface area contributed by atoms with Crippen LogP contribution >= 0.6 is 7.60 Å². The summed E-state index contributed by atoms with van der Waals surface area (Å²) in [6, 6.07) is 17.8. The second-order valence-electron chi connectivity index (χ2n) is 8.59. The smallest absolute Gasteiger partial charge is 0.325 e. The molecule has 0 saturated heterocycles. The van der Waals surface area contributed by atoms with E-state index < -0.39 is 7.60 Å². The number of benzene rings is 3. The third-order valence-corrected chi connectivity index (χ3v) is 6.64. The number of methoxy groups -OCH3 is 1. The van der Waals surface area contributed by atoms with Gasteiger partial charge in [-0.3, -0.25) is 9.36 Å². The van der Waals surface area contributed by atoms with Crippen molar-refractivity contribution in [2.45, 2.75) is 32.1 Å². The zero-order valence-electron chi connectivity index (χ0n) is 19.5. The Bertz CT molecular complexity index is 1150. The molecule has 0 aromatic heterocycles. The van der Waals surface area contributed by atoms with Gasteiger partial charge in [0.2, 0.25) is 0 Å². The van der Waals surface area contributed by atoms with Gasteiger partial charge in [-0.1, -0.05) is 36.8 Å². The Kier molecular flexibility index (Phi) is 8.30. The number of hydrogen-bond donors (Lipinski definition) is 2. The molecule has 0 aliphatic carbocycles. The van der Waals surface area contributed by atoms with E-state index in [1.165, 1.54) is 0 Å². The summed E-state index contributed by atoms with van der Waals surface area (Å²) in [5.41, 5.74) is 3.79. The van der Waals surface area contributed by atoms with Crippen LogP contribution in [0.5, 0.6) is 5.75 Å². The van der Waals surface area contributed by atoms with E-state index in [-0.39, 0.29) is 11.9 Å². The molecule has 3 rings (SSSR count). The molecule has 0 aliphatic rings. The molecule has 7 heteroatoms. The first kappa shape index (κ1) is 25.0. The molecule has 0 radical (unpaired) electrons. The molecule has 0 aliphatic heterocycles. The van der Waals surface area contributed by atoms with Gasteiger partial charge in [0.05, 0.1) is 7.11 Å². The van der Waals surface area contributed by atoms with Crippen molar-refractivity contribution in [1.29, 1.82) is 0 Å². The molecule has 33 heavy (non-hydrogen) atoms. The summed E-state index contributed by atoms with van der Waals surface area (Å²) < 4.78 is 16.3. The van der Waals surface area contributed by atoms with Crippen molar-refractivity contribution in [3.8, 4) is 5.75 Å². The molecule has 0 amide bonds. The van der Waals surface area contributed by atoms with Crippen molar-refractivity contribution >= 4 is 29.8 Å². The van der Waals surface area contributed by atoms with Crippen LogP contribution in [0.25, 0.3) is 10.8 Å². The molecule has 0 bridgehead atoms. The van der Waals surface area contributed by atoms with Crippen molar-refractivity contribution in [2.24, 2.45) is 0 Å². The summed E-state index contributed by atoms with van der Waals surface area (Å²) in [6.45, 7) is 0. The average molecular weight is 470 g/mol. The highest BCUT2D eigenvalue weighted by molar-refractivity contribution is 7.51. The quantitative estimate of drug-likeness (QED) is 0.227. The van der Waals surface area contributed by atoms with E-state index in [9.17, 15) is 9.36 Å². The van der Waals surface area contributed by atoms with Gasteiger partial charge in [-0.15, -0.1) is 0 Å². The summed E-state index contributed by atoms with van der Waals surface area (Å²) in [4.78, 5) is 32.9. The number of rotatable bonds is 11. The Balaban J connectivity index is 1.65. The number of nitrogens with zero attached hydrogens (tertiary/aromatic N) is 1. The fraction of sp³-hybridized carbons (Fsp3) is 0.346. The standard InChI is InChI=1S/C26H32NO5P/c1-27(2)25-17-22(16-21-12-13-23(32-3)18-24(21)25)26(28)15-20-10-8-19(9-11-20)7-5-4-6-14-33(29,30)31/h8-13,16-18H,4-7,14-15H2,1-3H3,(H2,29,30,31). The van der Waals surface area contributed by atoms with E-state index in [0.29, 0.717) is 18.4 Å². The highest BCUT2D eigenvalue weighted by Crippen LogP contribution is 2.35. The fourth-order valence-electron chi connectivity index (χ4n) is 3.91. The minimum atomic E-state index is -3.89. The van der Waals surface area contributed by atoms with Crippen molar-refractivity contribution in [3.63, 3.8) is 0 Å². The monoisotopic (exact) mass is 469 g/mol. The molecule has 0 atom stereocenters. The minimum absolute atomic E-state index is 0.0497. The molecule has 0 spiro atoms. The zero-order valence-corrected chi connectivity index (χ0v) is 20.3. The van der Waals surface area contributed by atoms with Gasteiger partial charge < -0.3 is 19.4 Å². The highest BCUT2D eigenvalue weighted by Gasteiger charge is 2.14. The maximum Gasteiger partial charge on any atom is 0.325 e. The molecule has 0 unspecified atom stereocenters. The second-order valence-corrected chi connectivity index (χ2v) is 10.4.